The molecule has 1 aliphatic carbocycles. The highest BCUT2D eigenvalue weighted by Gasteiger charge is 2.31. The van der Waals surface area contributed by atoms with Gasteiger partial charge < -0.3 is 15.2 Å². The van der Waals surface area contributed by atoms with Gasteiger partial charge in [0.25, 0.3) is 5.91 Å². The molecule has 0 saturated heterocycles. The predicted molar refractivity (Wildman–Crippen MR) is 82.7 cm³/mol. The molecule has 1 heterocycles. The summed E-state index contributed by atoms with van der Waals surface area (Å²) in [6.07, 6.45) is 3.78. The van der Waals surface area contributed by atoms with E-state index in [-0.39, 0.29) is 5.91 Å². The summed E-state index contributed by atoms with van der Waals surface area (Å²) in [5, 5.41) is 15.6. The fraction of sp³-hybridized carbons (Fsp3) is 0.312. The first kappa shape index (κ1) is 15.1. The van der Waals surface area contributed by atoms with Crippen molar-refractivity contribution in [3.05, 3.63) is 41.7 Å². The van der Waals surface area contributed by atoms with Crippen molar-refractivity contribution in [3.8, 4) is 5.75 Å². The molecular formula is C16H17N3O4. The van der Waals surface area contributed by atoms with Crippen LogP contribution in [0.25, 0.3) is 0 Å². The Morgan fingerprint density at radius 3 is 2.65 bits per heavy atom. The molecule has 23 heavy (non-hydrogen) atoms. The second kappa shape index (κ2) is 6.12. The topological polar surface area (TPSA) is 93.5 Å². The lowest BCUT2D eigenvalue weighted by Crippen LogP contribution is -2.14. The normalized spacial score (nSPS) is 13.6. The minimum atomic E-state index is -1.04. The minimum Gasteiger partial charge on any atom is -0.482 e. The van der Waals surface area contributed by atoms with Gasteiger partial charge in [-0.2, -0.15) is 5.10 Å². The van der Waals surface area contributed by atoms with Crippen LogP contribution < -0.4 is 10.1 Å². The van der Waals surface area contributed by atoms with Gasteiger partial charge >= 0.3 is 5.97 Å². The molecule has 1 aromatic carbocycles. The van der Waals surface area contributed by atoms with Gasteiger partial charge in [0.1, 0.15) is 5.75 Å². The molecule has 1 aliphatic rings. The van der Waals surface area contributed by atoms with Crippen molar-refractivity contribution in [1.82, 2.24) is 9.78 Å². The number of anilines is 1. The van der Waals surface area contributed by atoms with Gasteiger partial charge in [0.2, 0.25) is 0 Å². The molecule has 120 valence electrons. The number of aliphatic carboxylic acids is 1. The highest BCUT2D eigenvalue weighted by molar-refractivity contribution is 6.05. The Morgan fingerprint density at radius 1 is 1.35 bits per heavy atom. The highest BCUT2D eigenvalue weighted by atomic mass is 16.5. The fourth-order valence-electron chi connectivity index (χ4n) is 2.44. The van der Waals surface area contributed by atoms with Crippen molar-refractivity contribution >= 4 is 17.6 Å². The summed E-state index contributed by atoms with van der Waals surface area (Å²) in [6.45, 7) is -0.397. The molecule has 2 N–H and O–H groups in total. The van der Waals surface area contributed by atoms with E-state index in [0.29, 0.717) is 22.9 Å². The van der Waals surface area contributed by atoms with Crippen LogP contribution in [0.15, 0.2) is 30.5 Å². The summed E-state index contributed by atoms with van der Waals surface area (Å²) >= 11 is 0. The molecule has 0 atom stereocenters. The van der Waals surface area contributed by atoms with Crippen molar-refractivity contribution in [3.63, 3.8) is 0 Å². The van der Waals surface area contributed by atoms with Gasteiger partial charge in [0.05, 0.1) is 17.5 Å². The van der Waals surface area contributed by atoms with Crippen LogP contribution in [0.2, 0.25) is 0 Å². The lowest BCUT2D eigenvalue weighted by molar-refractivity contribution is -0.139. The summed E-state index contributed by atoms with van der Waals surface area (Å²) in [5.41, 5.74) is 2.19. The van der Waals surface area contributed by atoms with Gasteiger partial charge in [0, 0.05) is 18.7 Å². The molecule has 7 nitrogen and oxygen atoms in total. The molecule has 1 saturated carbocycles. The molecule has 1 amide bonds. The number of nitrogens with one attached hydrogen (secondary N) is 1. The number of hydrogen-bond acceptors (Lipinski definition) is 4. The van der Waals surface area contributed by atoms with E-state index in [4.69, 9.17) is 9.84 Å². The Kier molecular flexibility index (Phi) is 4.01. The minimum absolute atomic E-state index is 0.195. The van der Waals surface area contributed by atoms with E-state index >= 15 is 0 Å². The third-order valence-corrected chi connectivity index (χ3v) is 3.67. The summed E-state index contributed by atoms with van der Waals surface area (Å²) in [4.78, 5) is 22.9. The Morgan fingerprint density at radius 2 is 2.04 bits per heavy atom. The van der Waals surface area contributed by atoms with Crippen LogP contribution in [0.1, 0.15) is 34.8 Å². The summed E-state index contributed by atoms with van der Waals surface area (Å²) in [7, 11) is 1.85. The van der Waals surface area contributed by atoms with Gasteiger partial charge in [-0.1, -0.05) is 0 Å². The Hall–Kier alpha value is -2.83. The van der Waals surface area contributed by atoms with E-state index in [1.54, 1.807) is 35.1 Å². The quantitative estimate of drug-likeness (QED) is 0.850. The maximum Gasteiger partial charge on any atom is 0.341 e. The molecule has 7 heteroatoms. The van der Waals surface area contributed by atoms with Gasteiger partial charge in [-0.3, -0.25) is 9.48 Å². The first-order chi connectivity index (χ1) is 11.0. The smallest absolute Gasteiger partial charge is 0.341 e. The lowest BCUT2D eigenvalue weighted by Gasteiger charge is -2.08. The van der Waals surface area contributed by atoms with Crippen LogP contribution in [-0.4, -0.2) is 33.4 Å². The monoisotopic (exact) mass is 315 g/mol. The number of carboxylic acids is 1. The van der Waals surface area contributed by atoms with E-state index < -0.39 is 12.6 Å². The number of nitrogens with zero attached hydrogens (tertiary/aromatic N) is 2. The summed E-state index contributed by atoms with van der Waals surface area (Å²) < 4.78 is 6.81. The van der Waals surface area contributed by atoms with Gasteiger partial charge in [0.15, 0.2) is 6.61 Å². The van der Waals surface area contributed by atoms with E-state index in [1.165, 1.54) is 0 Å². The fourth-order valence-corrected chi connectivity index (χ4v) is 2.44. The molecule has 1 aromatic heterocycles. The number of ether oxygens (including phenoxy) is 1. The molecule has 1 fully saturated rings. The lowest BCUT2D eigenvalue weighted by atomic mass is 10.1. The third-order valence-electron chi connectivity index (χ3n) is 3.67. The van der Waals surface area contributed by atoms with Crippen molar-refractivity contribution in [2.75, 3.05) is 11.9 Å². The molecule has 3 rings (SSSR count). The maximum atomic E-state index is 12.4. The first-order valence-corrected chi connectivity index (χ1v) is 7.32. The van der Waals surface area contributed by atoms with Crippen LogP contribution in [0.5, 0.6) is 5.75 Å². The molecule has 0 spiro atoms. The molecule has 0 aliphatic heterocycles. The van der Waals surface area contributed by atoms with Crippen LogP contribution in [-0.2, 0) is 11.8 Å². The zero-order valence-electron chi connectivity index (χ0n) is 12.7. The number of aryl methyl sites for hydroxylation is 1. The Bertz CT molecular complexity index is 732. The van der Waals surface area contributed by atoms with E-state index in [1.807, 2.05) is 7.05 Å². The van der Waals surface area contributed by atoms with Crippen molar-refractivity contribution in [2.45, 2.75) is 18.8 Å². The largest absolute Gasteiger partial charge is 0.482 e. The number of carboxylic acid groups (broad SMARTS) is 1. The van der Waals surface area contributed by atoms with Crippen LogP contribution in [0, 0.1) is 0 Å². The Balaban J connectivity index is 1.67. The molecule has 0 radical (unpaired) electrons. The number of carbonyl (C=O) groups excluding carboxylic acids is 1. The standard InChI is InChI=1S/C16H17N3O4/c1-19-15(10-2-3-10)13(8-17-19)16(22)18-11-4-6-12(7-5-11)23-9-14(20)21/h4-8,10H,2-3,9H2,1H3,(H,18,22)(H,20,21). The van der Waals surface area contributed by atoms with Crippen molar-refractivity contribution in [1.29, 1.82) is 0 Å². The van der Waals surface area contributed by atoms with Crippen LogP contribution in [0.3, 0.4) is 0 Å². The zero-order chi connectivity index (χ0) is 16.4. The SMILES string of the molecule is Cn1ncc(C(=O)Nc2ccc(OCC(=O)O)cc2)c1C1CC1. The highest BCUT2D eigenvalue weighted by Crippen LogP contribution is 2.41. The Labute approximate surface area is 132 Å². The average Bonchev–Trinajstić information content (AvgIpc) is 3.28. The number of amides is 1. The second-order valence-electron chi connectivity index (χ2n) is 5.50. The van der Waals surface area contributed by atoms with Crippen molar-refractivity contribution < 1.29 is 19.4 Å². The van der Waals surface area contributed by atoms with Crippen LogP contribution in [0.4, 0.5) is 5.69 Å². The molecule has 0 unspecified atom stereocenters. The number of aromatic nitrogens is 2. The molecule has 0 bridgehead atoms. The van der Waals surface area contributed by atoms with E-state index in [2.05, 4.69) is 10.4 Å². The number of hydrogen-bond donors (Lipinski definition) is 2. The maximum absolute atomic E-state index is 12.4. The molecular weight excluding hydrogens is 298 g/mol. The number of carbonyl (C=O) groups is 2. The van der Waals surface area contributed by atoms with Gasteiger partial charge in [-0.25, -0.2) is 4.79 Å². The molecule has 2 aromatic rings. The number of rotatable bonds is 6. The summed E-state index contributed by atoms with van der Waals surface area (Å²) in [5.74, 6) is -0.369. The van der Waals surface area contributed by atoms with Gasteiger partial charge in [-0.05, 0) is 37.1 Å². The first-order valence-electron chi connectivity index (χ1n) is 7.32. The third kappa shape index (κ3) is 3.50. The van der Waals surface area contributed by atoms with Crippen molar-refractivity contribution in [2.24, 2.45) is 7.05 Å². The predicted octanol–water partition coefficient (Wildman–Crippen LogP) is 2.01. The number of benzene rings is 1. The van der Waals surface area contributed by atoms with Crippen LogP contribution >= 0.6 is 0 Å². The van der Waals surface area contributed by atoms with E-state index in [0.717, 1.165) is 18.5 Å². The average molecular weight is 315 g/mol. The summed E-state index contributed by atoms with van der Waals surface area (Å²) in [6, 6.07) is 6.57. The zero-order valence-corrected chi connectivity index (χ0v) is 12.7. The second-order valence-corrected chi connectivity index (χ2v) is 5.50. The van der Waals surface area contributed by atoms with Gasteiger partial charge in [-0.15, -0.1) is 0 Å². The van der Waals surface area contributed by atoms with E-state index in [9.17, 15) is 9.59 Å².